The van der Waals surface area contributed by atoms with Crippen molar-refractivity contribution in [1.29, 1.82) is 0 Å². The van der Waals surface area contributed by atoms with Crippen molar-refractivity contribution in [3.63, 3.8) is 0 Å². The molecule has 1 aliphatic rings. The Labute approximate surface area is 164 Å². The van der Waals surface area contributed by atoms with E-state index in [1.807, 2.05) is 24.3 Å². The molecule has 0 unspecified atom stereocenters. The molecule has 1 aromatic carbocycles. The first-order chi connectivity index (χ1) is 13.0. The van der Waals surface area contributed by atoms with Gasteiger partial charge in [0.25, 0.3) is 5.91 Å². The molecule has 1 aromatic heterocycles. The predicted molar refractivity (Wildman–Crippen MR) is 106 cm³/mol. The van der Waals surface area contributed by atoms with Crippen LogP contribution in [0.15, 0.2) is 40.6 Å². The Kier molecular flexibility index (Phi) is 6.51. The summed E-state index contributed by atoms with van der Waals surface area (Å²) >= 11 is 1.17. The summed E-state index contributed by atoms with van der Waals surface area (Å²) in [5.41, 5.74) is 1.17. The van der Waals surface area contributed by atoms with Crippen molar-refractivity contribution in [3.8, 4) is 5.75 Å². The van der Waals surface area contributed by atoms with Gasteiger partial charge in [-0.3, -0.25) is 4.79 Å². The fourth-order valence-electron chi connectivity index (χ4n) is 3.10. The molecule has 0 saturated carbocycles. The fourth-order valence-corrected chi connectivity index (χ4v) is 5.93. The monoisotopic (exact) mass is 408 g/mol. The van der Waals surface area contributed by atoms with Crippen LogP contribution in [0.2, 0.25) is 0 Å². The second-order valence-electron chi connectivity index (χ2n) is 6.43. The van der Waals surface area contributed by atoms with Gasteiger partial charge in [-0.2, -0.15) is 4.31 Å². The number of methoxy groups -OCH3 is 1. The third kappa shape index (κ3) is 4.69. The molecule has 2 heterocycles. The summed E-state index contributed by atoms with van der Waals surface area (Å²) in [5, 5.41) is 4.51. The Hall–Kier alpha value is -1.90. The average molecular weight is 409 g/mol. The van der Waals surface area contributed by atoms with Gasteiger partial charge in [-0.25, -0.2) is 8.42 Å². The highest BCUT2D eigenvalue weighted by Crippen LogP contribution is 2.27. The van der Waals surface area contributed by atoms with Crippen molar-refractivity contribution in [1.82, 2.24) is 9.62 Å². The summed E-state index contributed by atoms with van der Waals surface area (Å²) in [6.45, 7) is 1.55. The van der Waals surface area contributed by atoms with E-state index in [4.69, 9.17) is 4.74 Å². The minimum absolute atomic E-state index is 0.127. The number of rotatable bonds is 8. The second-order valence-corrected chi connectivity index (χ2v) is 9.26. The Balaban J connectivity index is 1.55. The average Bonchev–Trinajstić information content (AvgIpc) is 3.38. The van der Waals surface area contributed by atoms with Crippen LogP contribution in [0, 0.1) is 0 Å². The van der Waals surface area contributed by atoms with Crippen LogP contribution < -0.4 is 10.1 Å². The highest BCUT2D eigenvalue weighted by molar-refractivity contribution is 7.89. The van der Waals surface area contributed by atoms with Crippen molar-refractivity contribution < 1.29 is 17.9 Å². The van der Waals surface area contributed by atoms with Crippen LogP contribution in [0.1, 0.15) is 34.5 Å². The normalized spacial score (nSPS) is 15.0. The first kappa shape index (κ1) is 19.9. The van der Waals surface area contributed by atoms with Gasteiger partial charge in [0.1, 0.15) is 15.5 Å². The molecule has 1 fully saturated rings. The molecule has 8 heteroatoms. The van der Waals surface area contributed by atoms with Gasteiger partial charge in [0.15, 0.2) is 0 Å². The van der Waals surface area contributed by atoms with E-state index in [9.17, 15) is 13.2 Å². The quantitative estimate of drug-likeness (QED) is 0.682. The van der Waals surface area contributed by atoms with Gasteiger partial charge < -0.3 is 10.1 Å². The van der Waals surface area contributed by atoms with Crippen LogP contribution >= 0.6 is 11.3 Å². The molecular formula is C19H24N2O4S2. The molecule has 0 atom stereocenters. The highest BCUT2D eigenvalue weighted by atomic mass is 32.2. The number of ether oxygens (including phenoxy) is 1. The van der Waals surface area contributed by atoms with Crippen molar-refractivity contribution in [2.75, 3.05) is 26.7 Å². The summed E-state index contributed by atoms with van der Waals surface area (Å²) < 4.78 is 32.1. The van der Waals surface area contributed by atoms with E-state index >= 15 is 0 Å². The van der Waals surface area contributed by atoms with E-state index in [1.165, 1.54) is 27.3 Å². The fraction of sp³-hybridized carbons (Fsp3) is 0.421. The van der Waals surface area contributed by atoms with Crippen LogP contribution in [0.4, 0.5) is 0 Å². The lowest BCUT2D eigenvalue weighted by Gasteiger charge is -2.15. The van der Waals surface area contributed by atoms with Crippen molar-refractivity contribution in [3.05, 3.63) is 46.2 Å². The Morgan fingerprint density at radius 3 is 2.56 bits per heavy atom. The Morgan fingerprint density at radius 1 is 1.19 bits per heavy atom. The number of benzene rings is 1. The number of carbonyl (C=O) groups is 1. The molecule has 6 nitrogen and oxygen atoms in total. The van der Waals surface area contributed by atoms with E-state index < -0.39 is 10.0 Å². The SMILES string of the molecule is COc1ccc(CCCNC(=O)c2sccc2S(=O)(=O)N2CCCC2)cc1. The molecule has 1 N–H and O–H groups in total. The molecule has 0 bridgehead atoms. The molecule has 1 amide bonds. The van der Waals surface area contributed by atoms with E-state index in [0.717, 1.165) is 31.4 Å². The van der Waals surface area contributed by atoms with E-state index in [0.29, 0.717) is 19.6 Å². The summed E-state index contributed by atoms with van der Waals surface area (Å²) in [7, 11) is -1.95. The summed E-state index contributed by atoms with van der Waals surface area (Å²) in [6.07, 6.45) is 3.35. The largest absolute Gasteiger partial charge is 0.497 e. The van der Waals surface area contributed by atoms with Gasteiger partial charge in [-0.05, 0) is 54.8 Å². The molecule has 146 valence electrons. The van der Waals surface area contributed by atoms with Gasteiger partial charge in [0.05, 0.1) is 7.11 Å². The molecule has 0 spiro atoms. The highest BCUT2D eigenvalue weighted by Gasteiger charge is 2.31. The van der Waals surface area contributed by atoms with Gasteiger partial charge in [-0.1, -0.05) is 12.1 Å². The molecule has 0 aliphatic carbocycles. The van der Waals surface area contributed by atoms with Crippen molar-refractivity contribution in [2.24, 2.45) is 0 Å². The molecule has 1 aliphatic heterocycles. The first-order valence-corrected chi connectivity index (χ1v) is 11.3. The third-order valence-corrected chi connectivity index (χ3v) is 7.59. The maximum Gasteiger partial charge on any atom is 0.262 e. The maximum absolute atomic E-state index is 12.7. The smallest absolute Gasteiger partial charge is 0.262 e. The van der Waals surface area contributed by atoms with E-state index in [1.54, 1.807) is 12.5 Å². The number of nitrogens with one attached hydrogen (secondary N) is 1. The summed E-state index contributed by atoms with van der Waals surface area (Å²) in [5.74, 6) is 0.494. The standard InChI is InChI=1S/C19H24N2O4S2/c1-25-16-8-6-15(7-9-16)5-4-11-20-19(22)18-17(10-14-26-18)27(23,24)21-12-2-3-13-21/h6-10,14H,2-5,11-13H2,1H3,(H,20,22). The van der Waals surface area contributed by atoms with Crippen molar-refractivity contribution in [2.45, 2.75) is 30.6 Å². The molecule has 27 heavy (non-hydrogen) atoms. The van der Waals surface area contributed by atoms with Gasteiger partial charge in [0.2, 0.25) is 10.0 Å². The molecule has 0 radical (unpaired) electrons. The van der Waals surface area contributed by atoms with Crippen LogP contribution in [0.5, 0.6) is 5.75 Å². The van der Waals surface area contributed by atoms with Gasteiger partial charge in [0, 0.05) is 19.6 Å². The zero-order valence-corrected chi connectivity index (χ0v) is 16.9. The Bertz CT molecular complexity index is 869. The first-order valence-electron chi connectivity index (χ1n) is 9.01. The topological polar surface area (TPSA) is 75.7 Å². The molecule has 1 saturated heterocycles. The second kappa shape index (κ2) is 8.86. The minimum Gasteiger partial charge on any atom is -0.497 e. The van der Waals surface area contributed by atoms with Crippen molar-refractivity contribution >= 4 is 27.3 Å². The number of sulfonamides is 1. The number of carbonyl (C=O) groups excluding carboxylic acids is 1. The Morgan fingerprint density at radius 2 is 1.89 bits per heavy atom. The number of nitrogens with zero attached hydrogens (tertiary/aromatic N) is 1. The van der Waals surface area contributed by atoms with Crippen LogP contribution in [0.3, 0.4) is 0 Å². The zero-order chi connectivity index (χ0) is 19.3. The summed E-state index contributed by atoms with van der Waals surface area (Å²) in [6, 6.07) is 9.36. The van der Waals surface area contributed by atoms with Crippen LogP contribution in [-0.2, 0) is 16.4 Å². The minimum atomic E-state index is -3.58. The third-order valence-electron chi connectivity index (χ3n) is 4.61. The van der Waals surface area contributed by atoms with Crippen LogP contribution in [-0.4, -0.2) is 45.4 Å². The molecule has 2 aromatic rings. The summed E-state index contributed by atoms with van der Waals surface area (Å²) in [4.78, 5) is 12.9. The number of aryl methyl sites for hydroxylation is 1. The lowest BCUT2D eigenvalue weighted by atomic mass is 10.1. The number of hydrogen-bond acceptors (Lipinski definition) is 5. The van der Waals surface area contributed by atoms with E-state index in [2.05, 4.69) is 5.32 Å². The lowest BCUT2D eigenvalue weighted by molar-refractivity contribution is 0.0954. The van der Waals surface area contributed by atoms with Crippen LogP contribution in [0.25, 0.3) is 0 Å². The molecular weight excluding hydrogens is 384 g/mol. The number of hydrogen-bond donors (Lipinski definition) is 1. The van der Waals surface area contributed by atoms with E-state index in [-0.39, 0.29) is 15.7 Å². The molecule has 3 rings (SSSR count). The zero-order valence-electron chi connectivity index (χ0n) is 15.3. The number of thiophene rings is 1. The number of amides is 1. The van der Waals surface area contributed by atoms with Gasteiger partial charge >= 0.3 is 0 Å². The maximum atomic E-state index is 12.7. The lowest BCUT2D eigenvalue weighted by Crippen LogP contribution is -2.30. The van der Waals surface area contributed by atoms with Gasteiger partial charge in [-0.15, -0.1) is 11.3 Å². The predicted octanol–water partition coefficient (Wildman–Crippen LogP) is 2.90.